The van der Waals surface area contributed by atoms with Crippen molar-refractivity contribution < 1.29 is 22.7 Å². The molecule has 1 atom stereocenters. The predicted molar refractivity (Wildman–Crippen MR) is 134 cm³/mol. The van der Waals surface area contributed by atoms with Crippen molar-refractivity contribution in [1.29, 1.82) is 0 Å². The van der Waals surface area contributed by atoms with E-state index < -0.39 is 9.84 Å². The van der Waals surface area contributed by atoms with Crippen LogP contribution in [0.3, 0.4) is 0 Å². The number of hydrogen-bond acceptors (Lipinski definition) is 8. The number of halogens is 1. The molecule has 3 aromatic rings. The lowest BCUT2D eigenvalue weighted by Crippen LogP contribution is -2.36. The predicted octanol–water partition coefficient (Wildman–Crippen LogP) is 3.29. The van der Waals surface area contributed by atoms with Gasteiger partial charge >= 0.3 is 0 Å². The minimum absolute atomic E-state index is 0.0165. The molecule has 0 unspecified atom stereocenters. The Morgan fingerprint density at radius 2 is 1.80 bits per heavy atom. The maximum Gasteiger partial charge on any atom is 0.230 e. The highest BCUT2D eigenvalue weighted by Crippen LogP contribution is 2.25. The number of nitrogens with zero attached hydrogens (tertiary/aromatic N) is 3. The number of aromatic nitrogens is 3. The maximum atomic E-state index is 12.4. The zero-order valence-electron chi connectivity index (χ0n) is 19.0. The van der Waals surface area contributed by atoms with Crippen LogP contribution in [0.2, 0.25) is 5.02 Å². The van der Waals surface area contributed by atoms with Crippen LogP contribution in [0.5, 0.6) is 11.5 Å². The average Bonchev–Trinajstić information content (AvgIpc) is 3.40. The summed E-state index contributed by atoms with van der Waals surface area (Å²) in [7, 11) is -3.07. The number of ether oxygens (including phenoxy) is 2. The van der Waals surface area contributed by atoms with E-state index in [1.807, 2.05) is 47.9 Å². The van der Waals surface area contributed by atoms with Crippen LogP contribution in [-0.4, -0.2) is 59.0 Å². The number of carbonyl (C=O) groups is 1. The van der Waals surface area contributed by atoms with E-state index in [-0.39, 0.29) is 35.8 Å². The highest BCUT2D eigenvalue weighted by Gasteiger charge is 2.29. The van der Waals surface area contributed by atoms with Gasteiger partial charge in [0.05, 0.1) is 23.9 Å². The summed E-state index contributed by atoms with van der Waals surface area (Å²) in [4.78, 5) is 12.4. The zero-order valence-corrected chi connectivity index (χ0v) is 21.4. The van der Waals surface area contributed by atoms with Crippen molar-refractivity contribution in [3.63, 3.8) is 0 Å². The summed E-state index contributed by atoms with van der Waals surface area (Å²) >= 11 is 7.27. The molecule has 2 aromatic carbocycles. The minimum atomic E-state index is -3.07. The lowest BCUT2D eigenvalue weighted by Gasteiger charge is -2.13. The number of nitrogens with one attached hydrogen (secondary N) is 1. The van der Waals surface area contributed by atoms with Crippen molar-refractivity contribution in [2.24, 2.45) is 0 Å². The van der Waals surface area contributed by atoms with Gasteiger partial charge in [-0.15, -0.1) is 10.2 Å². The number of amides is 1. The fraction of sp³-hybridized carbons (Fsp3) is 0.348. The van der Waals surface area contributed by atoms with Gasteiger partial charge in [-0.3, -0.25) is 9.36 Å². The summed E-state index contributed by atoms with van der Waals surface area (Å²) in [5, 5.41) is 12.4. The van der Waals surface area contributed by atoms with Gasteiger partial charge in [0, 0.05) is 16.8 Å². The molecule has 0 bridgehead atoms. The van der Waals surface area contributed by atoms with Crippen molar-refractivity contribution in [2.45, 2.75) is 31.1 Å². The van der Waals surface area contributed by atoms with Gasteiger partial charge in [-0.1, -0.05) is 23.4 Å². The molecule has 1 fully saturated rings. The Morgan fingerprint density at radius 3 is 2.43 bits per heavy atom. The van der Waals surface area contributed by atoms with E-state index in [0.29, 0.717) is 34.8 Å². The Kier molecular flexibility index (Phi) is 8.19. The van der Waals surface area contributed by atoms with E-state index in [1.165, 1.54) is 11.8 Å². The summed E-state index contributed by atoms with van der Waals surface area (Å²) in [5.74, 6) is 1.86. The summed E-state index contributed by atoms with van der Waals surface area (Å²) in [6.07, 6.45) is 0.437. The summed E-state index contributed by atoms with van der Waals surface area (Å²) in [5.41, 5.74) is 0.773. The second-order valence-electron chi connectivity index (χ2n) is 7.86. The minimum Gasteiger partial charge on any atom is -0.494 e. The Balaban J connectivity index is 1.46. The van der Waals surface area contributed by atoms with Crippen molar-refractivity contribution in [2.75, 3.05) is 23.9 Å². The van der Waals surface area contributed by atoms with Crippen LogP contribution in [-0.2, 0) is 21.2 Å². The number of thioether (sulfide) groups is 1. The number of benzene rings is 2. The second kappa shape index (κ2) is 11.3. The monoisotopic (exact) mass is 536 g/mol. The molecule has 0 saturated carbocycles. The SMILES string of the molecule is CCOc1ccc(OCc2nnc(SCC(=O)N[C@@H]3CCS(=O)(=O)C3)n2-c2ccc(Cl)cc2)cc1. The average molecular weight is 537 g/mol. The topological polar surface area (TPSA) is 112 Å². The third-order valence-corrected chi connectivity index (χ3v) is 8.17. The largest absolute Gasteiger partial charge is 0.494 e. The molecule has 2 heterocycles. The molecule has 0 spiro atoms. The van der Waals surface area contributed by atoms with Gasteiger partial charge in [0.1, 0.15) is 18.1 Å². The number of sulfone groups is 1. The van der Waals surface area contributed by atoms with Gasteiger partial charge in [-0.2, -0.15) is 0 Å². The molecule has 186 valence electrons. The summed E-state index contributed by atoms with van der Waals surface area (Å²) in [6.45, 7) is 2.66. The Morgan fingerprint density at radius 1 is 1.11 bits per heavy atom. The fourth-order valence-corrected chi connectivity index (χ4v) is 6.17. The number of hydrogen-bond donors (Lipinski definition) is 1. The molecule has 1 amide bonds. The summed E-state index contributed by atoms with van der Waals surface area (Å²) < 4.78 is 36.4. The Labute approximate surface area is 213 Å². The molecular formula is C23H25ClN4O5S2. The van der Waals surface area contributed by atoms with E-state index in [4.69, 9.17) is 21.1 Å². The molecule has 4 rings (SSSR count). The molecule has 1 aromatic heterocycles. The van der Waals surface area contributed by atoms with E-state index in [1.54, 1.807) is 12.1 Å². The van der Waals surface area contributed by atoms with Gasteiger partial charge in [-0.25, -0.2) is 8.42 Å². The first kappa shape index (κ1) is 25.3. The second-order valence-corrected chi connectivity index (χ2v) is 11.5. The van der Waals surface area contributed by atoms with Crippen molar-refractivity contribution in [1.82, 2.24) is 20.1 Å². The standard InChI is InChI=1S/C23H25ClN4O5S2/c1-2-32-19-7-9-20(10-8-19)33-13-21-26-27-23(28(21)18-5-3-16(24)4-6-18)34-14-22(29)25-17-11-12-35(30,31)15-17/h3-10,17H,2,11-15H2,1H3,(H,25,29)/t17-/m1/s1. The maximum absolute atomic E-state index is 12.4. The van der Waals surface area contributed by atoms with Gasteiger partial charge < -0.3 is 14.8 Å². The number of rotatable bonds is 10. The van der Waals surface area contributed by atoms with Crippen LogP contribution in [0.1, 0.15) is 19.2 Å². The molecule has 1 saturated heterocycles. The van der Waals surface area contributed by atoms with E-state index in [9.17, 15) is 13.2 Å². The number of carbonyl (C=O) groups excluding carboxylic acids is 1. The molecule has 1 aliphatic heterocycles. The Bertz CT molecular complexity index is 1260. The first-order valence-electron chi connectivity index (χ1n) is 11.0. The van der Waals surface area contributed by atoms with Crippen LogP contribution in [0.15, 0.2) is 53.7 Å². The smallest absolute Gasteiger partial charge is 0.230 e. The van der Waals surface area contributed by atoms with Crippen LogP contribution in [0, 0.1) is 0 Å². The van der Waals surface area contributed by atoms with E-state index >= 15 is 0 Å². The third-order valence-electron chi connectivity index (χ3n) is 5.22. The Hall–Kier alpha value is -2.76. The highest BCUT2D eigenvalue weighted by molar-refractivity contribution is 7.99. The first-order valence-corrected chi connectivity index (χ1v) is 14.2. The van der Waals surface area contributed by atoms with Gasteiger partial charge in [0.25, 0.3) is 0 Å². The van der Waals surface area contributed by atoms with Crippen LogP contribution in [0.4, 0.5) is 0 Å². The van der Waals surface area contributed by atoms with Crippen LogP contribution in [0.25, 0.3) is 5.69 Å². The lowest BCUT2D eigenvalue weighted by molar-refractivity contribution is -0.119. The van der Waals surface area contributed by atoms with Crippen LogP contribution >= 0.6 is 23.4 Å². The van der Waals surface area contributed by atoms with Gasteiger partial charge in [0.2, 0.25) is 5.91 Å². The fourth-order valence-electron chi connectivity index (χ4n) is 3.59. The van der Waals surface area contributed by atoms with Gasteiger partial charge in [-0.05, 0) is 61.9 Å². The molecule has 9 nitrogen and oxygen atoms in total. The highest BCUT2D eigenvalue weighted by atomic mass is 35.5. The van der Waals surface area contributed by atoms with Gasteiger partial charge in [0.15, 0.2) is 20.8 Å². The van der Waals surface area contributed by atoms with Crippen LogP contribution < -0.4 is 14.8 Å². The quantitative estimate of drug-likeness (QED) is 0.393. The zero-order chi connectivity index (χ0) is 24.8. The lowest BCUT2D eigenvalue weighted by atomic mass is 10.3. The van der Waals surface area contributed by atoms with E-state index in [2.05, 4.69) is 15.5 Å². The van der Waals surface area contributed by atoms with Crippen molar-refractivity contribution in [3.05, 3.63) is 59.4 Å². The molecule has 12 heteroatoms. The molecule has 0 radical (unpaired) electrons. The van der Waals surface area contributed by atoms with Crippen molar-refractivity contribution in [3.8, 4) is 17.2 Å². The summed E-state index contributed by atoms with van der Waals surface area (Å²) in [6, 6.07) is 14.1. The molecular weight excluding hydrogens is 512 g/mol. The third kappa shape index (κ3) is 6.89. The molecule has 1 N–H and O–H groups in total. The first-order chi connectivity index (χ1) is 16.8. The van der Waals surface area contributed by atoms with Crippen molar-refractivity contribution >= 4 is 39.1 Å². The molecule has 1 aliphatic rings. The normalized spacial score (nSPS) is 16.7. The molecule has 0 aliphatic carbocycles. The molecule has 35 heavy (non-hydrogen) atoms. The van der Waals surface area contributed by atoms with E-state index in [0.717, 1.165) is 11.4 Å².